The molecule has 0 atom stereocenters. The Morgan fingerprint density at radius 3 is 2.40 bits per heavy atom. The molecule has 5 heteroatoms. The Kier molecular flexibility index (Phi) is 5.03. The van der Waals surface area contributed by atoms with Crippen LogP contribution in [0, 0.1) is 0 Å². The molecule has 1 aromatic rings. The molecule has 2 N–H and O–H groups in total. The normalized spacial score (nSPS) is 10.9. The molecule has 0 unspecified atom stereocenters. The molecule has 0 bridgehead atoms. The molecule has 1 rings (SSSR count). The van der Waals surface area contributed by atoms with Gasteiger partial charge in [-0.15, -0.1) is 0 Å². The largest absolute Gasteiger partial charge is 0.457 e. The first kappa shape index (κ1) is 11.9. The number of carbonyl (C=O) groups is 1. The van der Waals surface area contributed by atoms with Gasteiger partial charge < -0.3 is 14.6 Å². The van der Waals surface area contributed by atoms with Crippen LogP contribution in [0.5, 0.6) is 0 Å². The predicted molar refractivity (Wildman–Crippen MR) is 53.5 cm³/mol. The maximum absolute atomic E-state index is 10.4. The first-order valence-electron chi connectivity index (χ1n) is 4.78. The number of hydrogen-bond donors (Lipinski definition) is 2. The SMILES string of the molecule is O=Cc1ccc(CN(CCO)CCO)o1. The highest BCUT2D eigenvalue weighted by molar-refractivity contribution is 5.70. The molecule has 84 valence electrons. The van der Waals surface area contributed by atoms with E-state index in [0.29, 0.717) is 31.7 Å². The van der Waals surface area contributed by atoms with E-state index in [-0.39, 0.29) is 19.0 Å². The summed E-state index contributed by atoms with van der Waals surface area (Å²) in [5.74, 6) is 0.942. The lowest BCUT2D eigenvalue weighted by molar-refractivity contribution is 0.109. The number of nitrogens with zero attached hydrogens (tertiary/aromatic N) is 1. The lowest BCUT2D eigenvalue weighted by Crippen LogP contribution is -2.29. The Labute approximate surface area is 87.9 Å². The Morgan fingerprint density at radius 2 is 1.93 bits per heavy atom. The van der Waals surface area contributed by atoms with Gasteiger partial charge in [0.2, 0.25) is 0 Å². The molecule has 0 aromatic carbocycles. The summed E-state index contributed by atoms with van der Waals surface area (Å²) in [5.41, 5.74) is 0. The van der Waals surface area contributed by atoms with Crippen LogP contribution in [0.4, 0.5) is 0 Å². The summed E-state index contributed by atoms with van der Waals surface area (Å²) in [6.45, 7) is 1.48. The topological polar surface area (TPSA) is 73.9 Å². The first-order chi connectivity index (χ1) is 7.30. The summed E-state index contributed by atoms with van der Waals surface area (Å²) in [5, 5.41) is 17.6. The van der Waals surface area contributed by atoms with Crippen molar-refractivity contribution in [3.63, 3.8) is 0 Å². The van der Waals surface area contributed by atoms with E-state index in [2.05, 4.69) is 0 Å². The van der Waals surface area contributed by atoms with Gasteiger partial charge in [-0.05, 0) is 12.1 Å². The van der Waals surface area contributed by atoms with Gasteiger partial charge in [0.15, 0.2) is 12.0 Å². The van der Waals surface area contributed by atoms with Crippen LogP contribution in [0.3, 0.4) is 0 Å². The van der Waals surface area contributed by atoms with Gasteiger partial charge in [-0.25, -0.2) is 0 Å². The average molecular weight is 213 g/mol. The Morgan fingerprint density at radius 1 is 1.27 bits per heavy atom. The van der Waals surface area contributed by atoms with Gasteiger partial charge in [0.1, 0.15) is 5.76 Å². The van der Waals surface area contributed by atoms with Crippen LogP contribution in [0.25, 0.3) is 0 Å². The standard InChI is InChI=1S/C10H15NO4/c12-5-3-11(4-6-13)7-9-1-2-10(8-14)15-9/h1-2,8,12-13H,3-7H2. The van der Waals surface area contributed by atoms with E-state index in [0.717, 1.165) is 0 Å². The van der Waals surface area contributed by atoms with E-state index in [1.165, 1.54) is 0 Å². The van der Waals surface area contributed by atoms with Crippen molar-refractivity contribution in [3.8, 4) is 0 Å². The zero-order valence-corrected chi connectivity index (χ0v) is 8.43. The van der Waals surface area contributed by atoms with Crippen LogP contribution >= 0.6 is 0 Å². The number of aliphatic hydroxyl groups is 2. The molecule has 0 fully saturated rings. The van der Waals surface area contributed by atoms with Crippen LogP contribution in [0.2, 0.25) is 0 Å². The Bertz CT molecular complexity index is 291. The predicted octanol–water partition coefficient (Wildman–Crippen LogP) is -0.121. The second kappa shape index (κ2) is 6.34. The molecule has 0 amide bonds. The summed E-state index contributed by atoms with van der Waals surface area (Å²) in [6.07, 6.45) is 0.645. The van der Waals surface area contributed by atoms with Gasteiger partial charge in [-0.3, -0.25) is 9.69 Å². The highest BCUT2D eigenvalue weighted by atomic mass is 16.3. The van der Waals surface area contributed by atoms with Crippen LogP contribution in [0.15, 0.2) is 16.5 Å². The number of carbonyl (C=O) groups excluding carboxylic acids is 1. The number of aldehydes is 1. The lowest BCUT2D eigenvalue weighted by atomic mass is 10.4. The Hall–Kier alpha value is -1.17. The third-order valence-electron chi connectivity index (χ3n) is 2.01. The molecule has 5 nitrogen and oxygen atoms in total. The fourth-order valence-corrected chi connectivity index (χ4v) is 1.32. The van der Waals surface area contributed by atoms with Crippen molar-refractivity contribution in [3.05, 3.63) is 23.7 Å². The number of furan rings is 1. The lowest BCUT2D eigenvalue weighted by Gasteiger charge is -2.18. The van der Waals surface area contributed by atoms with Crippen molar-refractivity contribution >= 4 is 6.29 Å². The maximum atomic E-state index is 10.4. The first-order valence-corrected chi connectivity index (χ1v) is 4.78. The van der Waals surface area contributed by atoms with E-state index in [9.17, 15) is 4.79 Å². The van der Waals surface area contributed by atoms with Crippen molar-refractivity contribution in [2.24, 2.45) is 0 Å². The van der Waals surface area contributed by atoms with Gasteiger partial charge in [-0.2, -0.15) is 0 Å². The monoisotopic (exact) mass is 213 g/mol. The molecule has 0 aliphatic heterocycles. The van der Waals surface area contributed by atoms with Crippen molar-refractivity contribution < 1.29 is 19.4 Å². The average Bonchev–Trinajstić information content (AvgIpc) is 2.66. The van der Waals surface area contributed by atoms with E-state index in [1.807, 2.05) is 4.90 Å². The summed E-state index contributed by atoms with van der Waals surface area (Å²) in [7, 11) is 0. The molecule has 0 radical (unpaired) electrons. The molecular weight excluding hydrogens is 198 g/mol. The number of rotatable bonds is 7. The second-order valence-corrected chi connectivity index (χ2v) is 3.15. The third-order valence-corrected chi connectivity index (χ3v) is 2.01. The molecule has 1 aromatic heterocycles. The molecule has 1 heterocycles. The minimum atomic E-state index is 0.0290. The zero-order valence-electron chi connectivity index (χ0n) is 8.43. The quantitative estimate of drug-likeness (QED) is 0.618. The highest BCUT2D eigenvalue weighted by Crippen LogP contribution is 2.08. The van der Waals surface area contributed by atoms with E-state index < -0.39 is 0 Å². The highest BCUT2D eigenvalue weighted by Gasteiger charge is 2.07. The smallest absolute Gasteiger partial charge is 0.185 e. The minimum absolute atomic E-state index is 0.0290. The fourth-order valence-electron chi connectivity index (χ4n) is 1.32. The molecule has 0 aliphatic rings. The number of aliphatic hydroxyl groups excluding tert-OH is 2. The summed E-state index contributed by atoms with van der Waals surface area (Å²) in [6, 6.07) is 3.31. The van der Waals surface area contributed by atoms with Gasteiger partial charge in [-0.1, -0.05) is 0 Å². The van der Waals surface area contributed by atoms with Crippen molar-refractivity contribution in [1.29, 1.82) is 0 Å². The minimum Gasteiger partial charge on any atom is -0.457 e. The maximum Gasteiger partial charge on any atom is 0.185 e. The van der Waals surface area contributed by atoms with E-state index >= 15 is 0 Å². The summed E-state index contributed by atoms with van der Waals surface area (Å²) >= 11 is 0. The summed E-state index contributed by atoms with van der Waals surface area (Å²) < 4.78 is 5.18. The van der Waals surface area contributed by atoms with Crippen molar-refractivity contribution in [2.75, 3.05) is 26.3 Å². The second-order valence-electron chi connectivity index (χ2n) is 3.15. The molecular formula is C10H15NO4. The summed E-state index contributed by atoms with van der Waals surface area (Å²) in [4.78, 5) is 12.2. The van der Waals surface area contributed by atoms with Crippen LogP contribution in [-0.2, 0) is 6.54 Å². The van der Waals surface area contributed by atoms with Crippen LogP contribution in [0.1, 0.15) is 16.3 Å². The van der Waals surface area contributed by atoms with Gasteiger partial charge in [0.25, 0.3) is 0 Å². The van der Waals surface area contributed by atoms with Gasteiger partial charge >= 0.3 is 0 Å². The molecule has 0 saturated carbocycles. The molecule has 0 spiro atoms. The van der Waals surface area contributed by atoms with E-state index in [1.54, 1.807) is 12.1 Å². The molecule has 15 heavy (non-hydrogen) atoms. The fraction of sp³-hybridized carbons (Fsp3) is 0.500. The van der Waals surface area contributed by atoms with Gasteiger partial charge in [0.05, 0.1) is 19.8 Å². The number of hydrogen-bond acceptors (Lipinski definition) is 5. The van der Waals surface area contributed by atoms with Crippen LogP contribution in [-0.4, -0.2) is 47.7 Å². The Balaban J connectivity index is 2.52. The van der Waals surface area contributed by atoms with Crippen molar-refractivity contribution in [1.82, 2.24) is 4.90 Å². The zero-order chi connectivity index (χ0) is 11.1. The van der Waals surface area contributed by atoms with Crippen molar-refractivity contribution in [2.45, 2.75) is 6.54 Å². The van der Waals surface area contributed by atoms with Crippen LogP contribution < -0.4 is 0 Å². The van der Waals surface area contributed by atoms with Gasteiger partial charge in [0, 0.05) is 13.1 Å². The third kappa shape index (κ3) is 3.83. The molecule has 0 saturated heterocycles. The van der Waals surface area contributed by atoms with E-state index in [4.69, 9.17) is 14.6 Å². The molecule has 0 aliphatic carbocycles.